The average Bonchev–Trinajstić information content (AvgIpc) is 2.89. The molecule has 0 saturated heterocycles. The van der Waals surface area contributed by atoms with Crippen LogP contribution in [-0.4, -0.2) is 6.04 Å². The Labute approximate surface area is 164 Å². The van der Waals surface area contributed by atoms with E-state index in [0.29, 0.717) is 12.6 Å². The Morgan fingerprint density at radius 1 is 1.00 bits per heavy atom. The molecule has 1 saturated carbocycles. The van der Waals surface area contributed by atoms with Gasteiger partial charge in [0.15, 0.2) is 0 Å². The Morgan fingerprint density at radius 2 is 1.76 bits per heavy atom. The van der Waals surface area contributed by atoms with Gasteiger partial charge in [-0.05, 0) is 37.1 Å². The lowest BCUT2D eigenvalue weighted by molar-refractivity contribution is 0.301. The summed E-state index contributed by atoms with van der Waals surface area (Å²) >= 11 is 9.81. The van der Waals surface area contributed by atoms with Gasteiger partial charge in [-0.25, -0.2) is 0 Å². The van der Waals surface area contributed by atoms with Gasteiger partial charge in [-0.15, -0.1) is 0 Å². The van der Waals surface area contributed by atoms with Crippen molar-refractivity contribution in [2.45, 2.75) is 57.7 Å². The molecule has 2 aromatic rings. The Kier molecular flexibility index (Phi) is 7.21. The molecule has 0 bridgehead atoms. The molecule has 0 aliphatic heterocycles. The summed E-state index contributed by atoms with van der Waals surface area (Å²) in [6.45, 7) is 1.32. The molecule has 0 amide bonds. The van der Waals surface area contributed by atoms with E-state index in [-0.39, 0.29) is 0 Å². The summed E-state index contributed by atoms with van der Waals surface area (Å²) in [5.41, 5.74) is 2.19. The van der Waals surface area contributed by atoms with Crippen LogP contribution in [0, 0.1) is 0 Å². The number of nitrogens with one attached hydrogen (secondary N) is 1. The van der Waals surface area contributed by atoms with Crippen LogP contribution in [0.5, 0.6) is 5.75 Å². The van der Waals surface area contributed by atoms with Crippen molar-refractivity contribution >= 4 is 27.5 Å². The molecule has 134 valence electrons. The zero-order valence-electron chi connectivity index (χ0n) is 14.4. The molecule has 3 rings (SSSR count). The monoisotopic (exact) mass is 421 g/mol. The number of benzene rings is 2. The summed E-state index contributed by atoms with van der Waals surface area (Å²) in [6.07, 6.45) is 7.99. The molecule has 0 aromatic heterocycles. The maximum absolute atomic E-state index is 6.23. The zero-order valence-corrected chi connectivity index (χ0v) is 16.8. The van der Waals surface area contributed by atoms with Crippen molar-refractivity contribution in [1.82, 2.24) is 5.32 Å². The third-order valence-electron chi connectivity index (χ3n) is 4.80. The molecule has 2 nitrogen and oxygen atoms in total. The minimum Gasteiger partial charge on any atom is -0.489 e. The number of rotatable bonds is 6. The second kappa shape index (κ2) is 9.61. The predicted molar refractivity (Wildman–Crippen MR) is 108 cm³/mol. The highest BCUT2D eigenvalue weighted by atomic mass is 79.9. The number of hydrogen-bond acceptors (Lipinski definition) is 2. The molecule has 1 N–H and O–H groups in total. The highest BCUT2D eigenvalue weighted by Crippen LogP contribution is 2.26. The topological polar surface area (TPSA) is 21.3 Å². The Bertz CT molecular complexity index is 683. The van der Waals surface area contributed by atoms with Crippen molar-refractivity contribution in [3.8, 4) is 5.75 Å². The van der Waals surface area contributed by atoms with E-state index < -0.39 is 0 Å². The van der Waals surface area contributed by atoms with Crippen LogP contribution in [0.2, 0.25) is 5.02 Å². The fourth-order valence-corrected chi connectivity index (χ4v) is 3.93. The minimum absolute atomic E-state index is 0.484. The van der Waals surface area contributed by atoms with Crippen molar-refractivity contribution in [1.29, 1.82) is 0 Å². The van der Waals surface area contributed by atoms with E-state index in [9.17, 15) is 0 Å². The standard InChI is InChI=1S/C21H25BrClNO/c22-18-11-12-21(25-15-16-7-5-6-10-20(16)23)17(13-18)14-24-19-8-3-1-2-4-9-19/h5-7,10-13,19,24H,1-4,8-9,14-15H2. The lowest BCUT2D eigenvalue weighted by Gasteiger charge is -2.18. The zero-order chi connectivity index (χ0) is 17.5. The van der Waals surface area contributed by atoms with Crippen molar-refractivity contribution in [3.05, 3.63) is 63.1 Å². The summed E-state index contributed by atoms with van der Waals surface area (Å²) < 4.78 is 7.16. The Balaban J connectivity index is 1.64. The van der Waals surface area contributed by atoms with Crippen molar-refractivity contribution in [2.75, 3.05) is 0 Å². The quantitative estimate of drug-likeness (QED) is 0.537. The third kappa shape index (κ3) is 5.73. The van der Waals surface area contributed by atoms with Gasteiger partial charge in [-0.1, -0.05) is 71.4 Å². The normalized spacial score (nSPS) is 15.8. The summed E-state index contributed by atoms with van der Waals surface area (Å²) in [4.78, 5) is 0. The number of hydrogen-bond donors (Lipinski definition) is 1. The van der Waals surface area contributed by atoms with Crippen LogP contribution in [0.15, 0.2) is 46.9 Å². The highest BCUT2D eigenvalue weighted by molar-refractivity contribution is 9.10. The van der Waals surface area contributed by atoms with E-state index in [4.69, 9.17) is 16.3 Å². The van der Waals surface area contributed by atoms with Gasteiger partial charge in [-0.2, -0.15) is 0 Å². The molecule has 0 heterocycles. The molecule has 4 heteroatoms. The summed E-state index contributed by atoms with van der Waals surface area (Å²) in [5, 5.41) is 4.48. The first-order chi connectivity index (χ1) is 12.2. The first-order valence-corrected chi connectivity index (χ1v) is 10.3. The van der Waals surface area contributed by atoms with E-state index in [1.54, 1.807) is 0 Å². The molecule has 1 fully saturated rings. The molecule has 25 heavy (non-hydrogen) atoms. The van der Waals surface area contributed by atoms with Crippen LogP contribution >= 0.6 is 27.5 Å². The SMILES string of the molecule is Clc1ccccc1COc1ccc(Br)cc1CNC1CCCCCC1. The first kappa shape index (κ1) is 18.8. The Morgan fingerprint density at radius 3 is 2.52 bits per heavy atom. The van der Waals surface area contributed by atoms with Crippen LogP contribution in [-0.2, 0) is 13.2 Å². The predicted octanol–water partition coefficient (Wildman–Crippen LogP) is 6.49. The van der Waals surface area contributed by atoms with Gasteiger partial charge in [-0.3, -0.25) is 0 Å². The number of halogens is 2. The molecule has 0 atom stereocenters. The van der Waals surface area contributed by atoms with Gasteiger partial charge in [0.05, 0.1) is 0 Å². The summed E-state index contributed by atoms with van der Waals surface area (Å²) in [6, 6.07) is 14.7. The second-order valence-corrected chi connectivity index (χ2v) is 8.02. The largest absolute Gasteiger partial charge is 0.489 e. The maximum atomic E-state index is 6.23. The molecule has 0 unspecified atom stereocenters. The lowest BCUT2D eigenvalue weighted by atomic mass is 10.1. The highest BCUT2D eigenvalue weighted by Gasteiger charge is 2.13. The van der Waals surface area contributed by atoms with E-state index >= 15 is 0 Å². The molecule has 2 aromatic carbocycles. The molecule has 0 spiro atoms. The molecular weight excluding hydrogens is 398 g/mol. The van der Waals surface area contributed by atoms with Crippen LogP contribution in [0.3, 0.4) is 0 Å². The average molecular weight is 423 g/mol. The lowest BCUT2D eigenvalue weighted by Crippen LogP contribution is -2.28. The van der Waals surface area contributed by atoms with Crippen molar-refractivity contribution in [3.63, 3.8) is 0 Å². The Hall–Kier alpha value is -1.03. The molecule has 0 radical (unpaired) electrons. The van der Waals surface area contributed by atoms with Gasteiger partial charge in [0.25, 0.3) is 0 Å². The summed E-state index contributed by atoms with van der Waals surface area (Å²) in [5.74, 6) is 0.921. The van der Waals surface area contributed by atoms with Crippen LogP contribution in [0.25, 0.3) is 0 Å². The molecule has 1 aliphatic carbocycles. The van der Waals surface area contributed by atoms with Gasteiger partial charge >= 0.3 is 0 Å². The first-order valence-electron chi connectivity index (χ1n) is 9.10. The summed E-state index contributed by atoms with van der Waals surface area (Å²) in [7, 11) is 0. The fourth-order valence-electron chi connectivity index (χ4n) is 3.34. The van der Waals surface area contributed by atoms with E-state index in [2.05, 4.69) is 27.3 Å². The van der Waals surface area contributed by atoms with Gasteiger partial charge in [0.2, 0.25) is 0 Å². The van der Waals surface area contributed by atoms with E-state index in [1.807, 2.05) is 36.4 Å². The van der Waals surface area contributed by atoms with Gasteiger partial charge in [0.1, 0.15) is 12.4 Å². The fraction of sp³-hybridized carbons (Fsp3) is 0.429. The molecule has 1 aliphatic rings. The van der Waals surface area contributed by atoms with Crippen molar-refractivity contribution < 1.29 is 4.74 Å². The van der Waals surface area contributed by atoms with Gasteiger partial charge < -0.3 is 10.1 Å². The van der Waals surface area contributed by atoms with Crippen molar-refractivity contribution in [2.24, 2.45) is 0 Å². The maximum Gasteiger partial charge on any atom is 0.124 e. The third-order valence-corrected chi connectivity index (χ3v) is 5.66. The van der Waals surface area contributed by atoms with Gasteiger partial charge in [0, 0.05) is 33.2 Å². The molecular formula is C21H25BrClNO. The van der Waals surface area contributed by atoms with E-state index in [1.165, 1.54) is 44.1 Å². The smallest absolute Gasteiger partial charge is 0.124 e. The van der Waals surface area contributed by atoms with Crippen LogP contribution in [0.4, 0.5) is 0 Å². The van der Waals surface area contributed by atoms with Crippen LogP contribution in [0.1, 0.15) is 49.7 Å². The minimum atomic E-state index is 0.484. The number of ether oxygens (including phenoxy) is 1. The second-order valence-electron chi connectivity index (χ2n) is 6.70. The van der Waals surface area contributed by atoms with E-state index in [0.717, 1.165) is 27.4 Å². The van der Waals surface area contributed by atoms with Crippen LogP contribution < -0.4 is 10.1 Å².